The summed E-state index contributed by atoms with van der Waals surface area (Å²) in [5, 5.41) is 0. The minimum absolute atomic E-state index is 0.263. The van der Waals surface area contributed by atoms with Gasteiger partial charge in [0.1, 0.15) is 10.9 Å². The first-order valence-corrected chi connectivity index (χ1v) is 6.88. The first-order valence-electron chi connectivity index (χ1n) is 6.09. The van der Waals surface area contributed by atoms with Crippen LogP contribution in [0.25, 0.3) is 6.08 Å². The Kier molecular flexibility index (Phi) is 6.25. The molecule has 0 unspecified atom stereocenters. The lowest BCUT2D eigenvalue weighted by molar-refractivity contribution is -0.147. The molecule has 0 atom stereocenters. The van der Waals surface area contributed by atoms with Crippen LogP contribution in [-0.2, 0) is 20.9 Å². The second-order valence-electron chi connectivity index (χ2n) is 4.61. The molecule has 1 aromatic rings. The van der Waals surface area contributed by atoms with E-state index >= 15 is 0 Å². The van der Waals surface area contributed by atoms with Crippen LogP contribution in [0.15, 0.2) is 30.8 Å². The number of carbonyl (C=O) groups excluding carboxylic acids is 1. The summed E-state index contributed by atoms with van der Waals surface area (Å²) >= 11 is 3.24. The smallest absolute Gasteiger partial charge is 0.322 e. The van der Waals surface area contributed by atoms with E-state index in [-0.39, 0.29) is 12.6 Å². The van der Waals surface area contributed by atoms with Gasteiger partial charge in [-0.25, -0.2) is 0 Å². The fourth-order valence-electron chi connectivity index (χ4n) is 1.30. The number of rotatable bonds is 7. The van der Waals surface area contributed by atoms with Crippen molar-refractivity contribution < 1.29 is 14.3 Å². The van der Waals surface area contributed by atoms with E-state index in [0.717, 1.165) is 11.1 Å². The zero-order valence-corrected chi connectivity index (χ0v) is 12.9. The largest absolute Gasteiger partial charge is 0.462 e. The lowest BCUT2D eigenvalue weighted by Gasteiger charge is -2.14. The number of hydrogen-bond acceptors (Lipinski definition) is 3. The molecule has 0 heterocycles. The average Bonchev–Trinajstić information content (AvgIpc) is 2.37. The van der Waals surface area contributed by atoms with Crippen LogP contribution in [0.3, 0.4) is 0 Å². The molecule has 104 valence electrons. The van der Waals surface area contributed by atoms with Crippen LogP contribution >= 0.6 is 15.9 Å². The van der Waals surface area contributed by atoms with Crippen LogP contribution in [0.2, 0.25) is 0 Å². The Balaban J connectivity index is 2.20. The normalized spacial score (nSPS) is 11.1. The molecule has 0 fully saturated rings. The maximum Gasteiger partial charge on any atom is 0.322 e. The van der Waals surface area contributed by atoms with Gasteiger partial charge in [0, 0.05) is 0 Å². The third-order valence-electron chi connectivity index (χ3n) is 2.43. The molecule has 0 aliphatic rings. The number of carbonyl (C=O) groups is 1. The van der Waals surface area contributed by atoms with E-state index in [4.69, 9.17) is 9.47 Å². The van der Waals surface area contributed by atoms with Crippen LogP contribution in [0, 0.1) is 0 Å². The van der Waals surface area contributed by atoms with Gasteiger partial charge < -0.3 is 9.47 Å². The lowest BCUT2D eigenvalue weighted by atomic mass is 10.1. The quantitative estimate of drug-likeness (QED) is 0.436. The molecule has 0 spiro atoms. The van der Waals surface area contributed by atoms with Gasteiger partial charge in [0.15, 0.2) is 0 Å². The maximum absolute atomic E-state index is 11.4. The van der Waals surface area contributed by atoms with E-state index in [1.807, 2.05) is 24.3 Å². The minimum Gasteiger partial charge on any atom is -0.462 e. The molecule has 0 radical (unpaired) electrons. The summed E-state index contributed by atoms with van der Waals surface area (Å²) < 4.78 is 9.85. The second-order valence-corrected chi connectivity index (χ2v) is 6.59. The highest BCUT2D eigenvalue weighted by Crippen LogP contribution is 2.17. The number of ether oxygens (including phenoxy) is 2. The molecule has 0 aliphatic heterocycles. The van der Waals surface area contributed by atoms with Crippen LogP contribution in [0.5, 0.6) is 0 Å². The number of hydrogen-bond donors (Lipinski definition) is 0. The summed E-state index contributed by atoms with van der Waals surface area (Å²) in [6.07, 6.45) is 1.80. The molecule has 0 saturated carbocycles. The van der Waals surface area contributed by atoms with Crippen molar-refractivity contribution in [3.8, 4) is 0 Å². The SMILES string of the molecule is C=Cc1ccc(COCCOC(=O)C(C)(C)Br)cc1. The van der Waals surface area contributed by atoms with Crippen molar-refractivity contribution >= 4 is 28.0 Å². The topological polar surface area (TPSA) is 35.5 Å². The predicted octanol–water partition coefficient (Wildman–Crippen LogP) is 3.56. The van der Waals surface area contributed by atoms with E-state index in [0.29, 0.717) is 13.2 Å². The molecule has 0 N–H and O–H groups in total. The van der Waals surface area contributed by atoms with Gasteiger partial charge in [-0.2, -0.15) is 0 Å². The molecule has 0 amide bonds. The van der Waals surface area contributed by atoms with Crippen molar-refractivity contribution in [1.29, 1.82) is 0 Å². The molecule has 3 nitrogen and oxygen atoms in total. The van der Waals surface area contributed by atoms with Crippen molar-refractivity contribution in [2.24, 2.45) is 0 Å². The first-order chi connectivity index (χ1) is 8.93. The van der Waals surface area contributed by atoms with Crippen LogP contribution in [-0.4, -0.2) is 23.5 Å². The molecule has 0 saturated heterocycles. The molecule has 1 rings (SSSR count). The van der Waals surface area contributed by atoms with Gasteiger partial charge >= 0.3 is 5.97 Å². The van der Waals surface area contributed by atoms with E-state index in [9.17, 15) is 4.79 Å². The summed E-state index contributed by atoms with van der Waals surface area (Å²) in [6.45, 7) is 8.35. The third kappa shape index (κ3) is 6.03. The van der Waals surface area contributed by atoms with Gasteiger partial charge in [-0.3, -0.25) is 4.79 Å². The van der Waals surface area contributed by atoms with Crippen molar-refractivity contribution in [2.75, 3.05) is 13.2 Å². The van der Waals surface area contributed by atoms with Gasteiger partial charge in [0.05, 0.1) is 13.2 Å². The highest BCUT2D eigenvalue weighted by Gasteiger charge is 2.25. The van der Waals surface area contributed by atoms with Gasteiger partial charge in [-0.15, -0.1) is 0 Å². The minimum atomic E-state index is -0.645. The van der Waals surface area contributed by atoms with Crippen LogP contribution < -0.4 is 0 Å². The molecule has 19 heavy (non-hydrogen) atoms. The first kappa shape index (κ1) is 15.9. The average molecular weight is 327 g/mol. The molecule has 0 aromatic heterocycles. The zero-order valence-electron chi connectivity index (χ0n) is 11.3. The summed E-state index contributed by atoms with van der Waals surface area (Å²) in [5.41, 5.74) is 2.16. The molecule has 4 heteroatoms. The highest BCUT2D eigenvalue weighted by molar-refractivity contribution is 9.10. The Morgan fingerprint density at radius 1 is 1.32 bits per heavy atom. The fraction of sp³-hybridized carbons (Fsp3) is 0.400. The Morgan fingerprint density at radius 3 is 2.47 bits per heavy atom. The van der Waals surface area contributed by atoms with Gasteiger partial charge in [-0.05, 0) is 25.0 Å². The Bertz CT molecular complexity index is 418. The molecular weight excluding hydrogens is 308 g/mol. The van der Waals surface area contributed by atoms with Crippen molar-refractivity contribution in [3.63, 3.8) is 0 Å². The summed E-state index contributed by atoms with van der Waals surface area (Å²) in [6, 6.07) is 7.95. The molecular formula is C15H19BrO3. The van der Waals surface area contributed by atoms with Crippen molar-refractivity contribution in [1.82, 2.24) is 0 Å². The van der Waals surface area contributed by atoms with E-state index in [2.05, 4.69) is 22.5 Å². The Morgan fingerprint density at radius 2 is 1.95 bits per heavy atom. The summed E-state index contributed by atoms with van der Waals surface area (Å²) in [4.78, 5) is 11.4. The summed E-state index contributed by atoms with van der Waals surface area (Å²) in [7, 11) is 0. The van der Waals surface area contributed by atoms with Crippen LogP contribution in [0.4, 0.5) is 0 Å². The van der Waals surface area contributed by atoms with E-state index < -0.39 is 4.32 Å². The lowest BCUT2D eigenvalue weighted by Crippen LogP contribution is -2.27. The monoisotopic (exact) mass is 326 g/mol. The van der Waals surface area contributed by atoms with Crippen molar-refractivity contribution in [3.05, 3.63) is 42.0 Å². The fourth-order valence-corrected chi connectivity index (χ4v) is 1.42. The zero-order chi connectivity index (χ0) is 14.3. The van der Waals surface area contributed by atoms with E-state index in [1.165, 1.54) is 0 Å². The number of benzene rings is 1. The van der Waals surface area contributed by atoms with Gasteiger partial charge in [0.2, 0.25) is 0 Å². The van der Waals surface area contributed by atoms with Gasteiger partial charge in [0.25, 0.3) is 0 Å². The Labute approximate surface area is 122 Å². The highest BCUT2D eigenvalue weighted by atomic mass is 79.9. The molecule has 0 aliphatic carbocycles. The predicted molar refractivity (Wildman–Crippen MR) is 80.2 cm³/mol. The second kappa shape index (κ2) is 7.46. The maximum atomic E-state index is 11.4. The number of halogens is 1. The number of alkyl halides is 1. The Hall–Kier alpha value is -1.13. The molecule has 1 aromatic carbocycles. The molecule has 0 bridgehead atoms. The van der Waals surface area contributed by atoms with Crippen molar-refractivity contribution in [2.45, 2.75) is 24.8 Å². The third-order valence-corrected chi connectivity index (χ3v) is 2.75. The van der Waals surface area contributed by atoms with E-state index in [1.54, 1.807) is 19.9 Å². The van der Waals surface area contributed by atoms with Crippen LogP contribution in [0.1, 0.15) is 25.0 Å². The number of esters is 1. The standard InChI is InChI=1S/C15H19BrO3/c1-4-12-5-7-13(8-6-12)11-18-9-10-19-14(17)15(2,3)16/h4-8H,1,9-11H2,2-3H3. The van der Waals surface area contributed by atoms with Gasteiger partial charge in [-0.1, -0.05) is 52.9 Å². The summed E-state index contributed by atoms with van der Waals surface area (Å²) in [5.74, 6) is -0.286.